The fourth-order valence-electron chi connectivity index (χ4n) is 5.55. The van der Waals surface area contributed by atoms with E-state index in [1.807, 2.05) is 38.2 Å². The third-order valence-electron chi connectivity index (χ3n) is 7.36. The van der Waals surface area contributed by atoms with Gasteiger partial charge in [-0.1, -0.05) is 25.4 Å². The van der Waals surface area contributed by atoms with E-state index in [1.54, 1.807) is 4.52 Å². The Morgan fingerprint density at radius 3 is 2.53 bits per heavy atom. The van der Waals surface area contributed by atoms with Crippen LogP contribution in [0.2, 0.25) is 5.02 Å². The number of hydrogen-bond acceptors (Lipinski definition) is 5. The van der Waals surface area contributed by atoms with Crippen LogP contribution in [0.15, 0.2) is 36.8 Å². The average molecular weight is 450 g/mol. The number of carbonyl (C=O) groups is 2. The van der Waals surface area contributed by atoms with Crippen molar-refractivity contribution < 1.29 is 9.59 Å². The van der Waals surface area contributed by atoms with Gasteiger partial charge in [-0.05, 0) is 48.1 Å². The first-order valence-electron chi connectivity index (χ1n) is 11.1. The summed E-state index contributed by atoms with van der Waals surface area (Å²) >= 11 is 6.37. The van der Waals surface area contributed by atoms with Crippen molar-refractivity contribution in [3.63, 3.8) is 0 Å². The van der Waals surface area contributed by atoms with Gasteiger partial charge in [-0.15, -0.1) is 0 Å². The molecule has 3 aliphatic rings. The first-order valence-corrected chi connectivity index (χ1v) is 11.5. The van der Waals surface area contributed by atoms with Crippen LogP contribution < -0.4 is 4.90 Å². The Kier molecular flexibility index (Phi) is 4.18. The van der Waals surface area contributed by atoms with Gasteiger partial charge in [-0.25, -0.2) is 9.50 Å². The Labute approximate surface area is 191 Å². The van der Waals surface area contributed by atoms with Gasteiger partial charge in [0.2, 0.25) is 11.8 Å². The molecule has 2 amide bonds. The molecule has 2 aliphatic heterocycles. The molecule has 4 heterocycles. The van der Waals surface area contributed by atoms with Gasteiger partial charge in [0.05, 0.1) is 29.6 Å². The molecule has 8 heteroatoms. The van der Waals surface area contributed by atoms with Gasteiger partial charge < -0.3 is 4.90 Å². The van der Waals surface area contributed by atoms with Crippen molar-refractivity contribution >= 4 is 34.6 Å². The molecule has 3 aromatic rings. The van der Waals surface area contributed by atoms with Gasteiger partial charge in [0, 0.05) is 35.6 Å². The standard InChI is InChI=1S/C24H24ClN5O2/c1-24(2)19-20(24)23(32)29(22(19)31)11-14-9-18-21(26-13-27-30(18)12-14)16-10-15(25)5-6-17(16)28-7-3-4-8-28/h5-6,9-10,12-13,19-20H,3-4,7-8,11H2,1-2H3. The molecule has 1 aromatic carbocycles. The van der Waals surface area contributed by atoms with Crippen LogP contribution in [0.5, 0.6) is 0 Å². The van der Waals surface area contributed by atoms with Crippen molar-refractivity contribution in [3.05, 3.63) is 47.4 Å². The fraction of sp³-hybridized carbons (Fsp3) is 0.417. The lowest BCUT2D eigenvalue weighted by molar-refractivity contribution is -0.143. The highest BCUT2D eigenvalue weighted by Crippen LogP contribution is 2.63. The second-order valence-electron chi connectivity index (χ2n) is 9.68. The molecule has 2 atom stereocenters. The zero-order valence-electron chi connectivity index (χ0n) is 18.1. The second-order valence-corrected chi connectivity index (χ2v) is 10.1. The number of halogens is 1. The predicted octanol–water partition coefficient (Wildman–Crippen LogP) is 3.79. The number of anilines is 1. The van der Waals surface area contributed by atoms with Crippen LogP contribution in [-0.4, -0.2) is 44.4 Å². The highest BCUT2D eigenvalue weighted by Gasteiger charge is 2.72. The van der Waals surface area contributed by atoms with Crippen molar-refractivity contribution in [2.75, 3.05) is 18.0 Å². The quantitative estimate of drug-likeness (QED) is 0.567. The normalized spacial score (nSPS) is 24.0. The summed E-state index contributed by atoms with van der Waals surface area (Å²) in [5, 5.41) is 5.02. The summed E-state index contributed by atoms with van der Waals surface area (Å²) in [5.41, 5.74) is 4.36. The summed E-state index contributed by atoms with van der Waals surface area (Å²) in [7, 11) is 0. The first-order chi connectivity index (χ1) is 15.4. The Morgan fingerprint density at radius 1 is 1.09 bits per heavy atom. The Balaban J connectivity index is 1.37. The van der Waals surface area contributed by atoms with Gasteiger partial charge >= 0.3 is 0 Å². The van der Waals surface area contributed by atoms with Crippen LogP contribution in [0.3, 0.4) is 0 Å². The summed E-state index contributed by atoms with van der Waals surface area (Å²) in [5.74, 6) is -0.454. The maximum absolute atomic E-state index is 12.8. The molecule has 2 aromatic heterocycles. The summed E-state index contributed by atoms with van der Waals surface area (Å²) in [6, 6.07) is 7.89. The van der Waals surface area contributed by atoms with Crippen LogP contribution in [0.4, 0.5) is 5.69 Å². The van der Waals surface area contributed by atoms with E-state index in [2.05, 4.69) is 21.0 Å². The number of likely N-dealkylation sites (tertiary alicyclic amines) is 1. The van der Waals surface area contributed by atoms with Crippen LogP contribution in [0.25, 0.3) is 16.8 Å². The second kappa shape index (κ2) is 6.78. The van der Waals surface area contributed by atoms with E-state index in [-0.39, 0.29) is 35.6 Å². The van der Waals surface area contributed by atoms with Gasteiger partial charge in [0.1, 0.15) is 6.33 Å². The fourth-order valence-corrected chi connectivity index (χ4v) is 5.72. The smallest absolute Gasteiger partial charge is 0.233 e. The van der Waals surface area contributed by atoms with E-state index >= 15 is 0 Å². The minimum absolute atomic E-state index is 0.0577. The number of hydrogen-bond donors (Lipinski definition) is 0. The number of imide groups is 1. The van der Waals surface area contributed by atoms with Crippen molar-refractivity contribution in [2.45, 2.75) is 33.2 Å². The van der Waals surface area contributed by atoms with Gasteiger partial charge in [-0.3, -0.25) is 14.5 Å². The number of piperidine rings is 1. The molecule has 164 valence electrons. The summed E-state index contributed by atoms with van der Waals surface area (Å²) in [6.07, 6.45) is 5.75. The molecule has 2 saturated heterocycles. The van der Waals surface area contributed by atoms with Crippen LogP contribution in [0.1, 0.15) is 32.3 Å². The maximum Gasteiger partial charge on any atom is 0.233 e. The minimum atomic E-state index is -0.201. The van der Waals surface area contributed by atoms with Crippen LogP contribution >= 0.6 is 11.6 Å². The molecule has 3 fully saturated rings. The highest BCUT2D eigenvalue weighted by molar-refractivity contribution is 6.31. The summed E-state index contributed by atoms with van der Waals surface area (Å²) in [6.45, 7) is 6.28. The molecule has 32 heavy (non-hydrogen) atoms. The molecule has 1 aliphatic carbocycles. The number of amides is 2. The van der Waals surface area contributed by atoms with Crippen LogP contribution in [0, 0.1) is 17.3 Å². The molecule has 0 spiro atoms. The zero-order chi connectivity index (χ0) is 22.2. The Morgan fingerprint density at radius 2 is 1.81 bits per heavy atom. The largest absolute Gasteiger partial charge is 0.371 e. The molecule has 6 rings (SSSR count). The summed E-state index contributed by atoms with van der Waals surface area (Å²) in [4.78, 5) is 33.9. The Hall–Kier alpha value is -2.93. The van der Waals surface area contributed by atoms with E-state index in [1.165, 1.54) is 24.1 Å². The van der Waals surface area contributed by atoms with Crippen molar-refractivity contribution in [3.8, 4) is 11.3 Å². The number of nitrogens with zero attached hydrogens (tertiary/aromatic N) is 5. The maximum atomic E-state index is 12.8. The molecular formula is C24H24ClN5O2. The topological polar surface area (TPSA) is 70.8 Å². The van der Waals surface area contributed by atoms with Gasteiger partial charge in [0.25, 0.3) is 0 Å². The lowest BCUT2D eigenvalue weighted by atomic mass is 10.1. The average Bonchev–Trinajstić information content (AvgIpc) is 3.23. The van der Waals surface area contributed by atoms with E-state index in [0.717, 1.165) is 41.1 Å². The molecule has 1 saturated carbocycles. The van der Waals surface area contributed by atoms with E-state index in [0.29, 0.717) is 5.02 Å². The van der Waals surface area contributed by atoms with Gasteiger partial charge in [-0.2, -0.15) is 5.10 Å². The monoisotopic (exact) mass is 449 g/mol. The third kappa shape index (κ3) is 2.80. The highest BCUT2D eigenvalue weighted by atomic mass is 35.5. The zero-order valence-corrected chi connectivity index (χ0v) is 18.8. The molecule has 0 bridgehead atoms. The SMILES string of the molecule is CC1(C)C2C(=O)N(Cc3cc4c(-c5cc(Cl)ccc5N5CCCC5)ncnn4c3)C(=O)C21. The third-order valence-corrected chi connectivity index (χ3v) is 7.59. The number of benzene rings is 1. The minimum Gasteiger partial charge on any atom is -0.371 e. The molecule has 2 unspecified atom stereocenters. The number of fused-ring (bicyclic) bond motifs is 2. The molecule has 0 radical (unpaired) electrons. The number of rotatable bonds is 4. The summed E-state index contributed by atoms with van der Waals surface area (Å²) < 4.78 is 1.77. The van der Waals surface area contributed by atoms with Gasteiger partial charge in [0.15, 0.2) is 0 Å². The first kappa shape index (κ1) is 19.7. The lowest BCUT2D eigenvalue weighted by Gasteiger charge is -2.21. The molecule has 7 nitrogen and oxygen atoms in total. The van der Waals surface area contributed by atoms with E-state index in [4.69, 9.17) is 11.6 Å². The Bertz CT molecular complexity index is 1250. The van der Waals surface area contributed by atoms with Crippen molar-refractivity contribution in [1.29, 1.82) is 0 Å². The van der Waals surface area contributed by atoms with E-state index in [9.17, 15) is 9.59 Å². The van der Waals surface area contributed by atoms with Crippen LogP contribution in [-0.2, 0) is 16.1 Å². The number of aromatic nitrogens is 3. The predicted molar refractivity (Wildman–Crippen MR) is 121 cm³/mol. The van der Waals surface area contributed by atoms with Crippen molar-refractivity contribution in [1.82, 2.24) is 19.5 Å². The lowest BCUT2D eigenvalue weighted by Crippen LogP contribution is -2.35. The number of carbonyl (C=O) groups excluding carboxylic acids is 2. The molecule has 0 N–H and O–H groups in total. The molecular weight excluding hydrogens is 426 g/mol. The van der Waals surface area contributed by atoms with E-state index < -0.39 is 0 Å². The van der Waals surface area contributed by atoms with Crippen molar-refractivity contribution in [2.24, 2.45) is 17.3 Å².